The first-order chi connectivity index (χ1) is 19.5. The van der Waals surface area contributed by atoms with E-state index in [9.17, 15) is 20.4 Å². The van der Waals surface area contributed by atoms with Crippen LogP contribution in [0.5, 0.6) is 0 Å². The summed E-state index contributed by atoms with van der Waals surface area (Å²) in [6.07, 6.45) is 6.24. The Morgan fingerprint density at radius 2 is 1.78 bits per heavy atom. The third kappa shape index (κ3) is 4.29. The summed E-state index contributed by atoms with van der Waals surface area (Å²) in [6.45, 7) is 10.1. The average molecular weight is 577 g/mol. The molecule has 2 unspecified atom stereocenters. The maximum atomic E-state index is 10.5. The Bertz CT molecular complexity index is 1020. The van der Waals surface area contributed by atoms with E-state index < -0.39 is 37.3 Å². The lowest BCUT2D eigenvalue weighted by atomic mass is 9.47. The van der Waals surface area contributed by atoms with E-state index in [-0.39, 0.29) is 17.3 Å². The molecule has 6 fully saturated rings. The van der Waals surface area contributed by atoms with Gasteiger partial charge in [0.15, 0.2) is 12.1 Å². The van der Waals surface area contributed by atoms with E-state index >= 15 is 0 Å². The van der Waals surface area contributed by atoms with E-state index in [1.807, 2.05) is 0 Å². The largest absolute Gasteiger partial charge is 0.394 e. The van der Waals surface area contributed by atoms with Crippen LogP contribution in [0.2, 0.25) is 0 Å². The molecule has 4 aliphatic carbocycles. The van der Waals surface area contributed by atoms with Crippen LogP contribution in [0.1, 0.15) is 85.5 Å². The fourth-order valence-electron chi connectivity index (χ4n) is 11.1. The smallest absolute Gasteiger partial charge is 0.186 e. The van der Waals surface area contributed by atoms with Crippen molar-refractivity contribution >= 4 is 0 Å². The molecule has 3 aliphatic heterocycles. The molecule has 0 aromatic carbocycles. The first-order valence-corrected chi connectivity index (χ1v) is 16.5. The minimum Gasteiger partial charge on any atom is -0.394 e. The minimum atomic E-state index is -1.41. The molecule has 0 amide bonds. The highest BCUT2D eigenvalue weighted by molar-refractivity contribution is 5.26. The van der Waals surface area contributed by atoms with Crippen LogP contribution in [-0.2, 0) is 18.9 Å². The van der Waals surface area contributed by atoms with Gasteiger partial charge in [0.25, 0.3) is 0 Å². The van der Waals surface area contributed by atoms with Crippen molar-refractivity contribution in [2.75, 3.05) is 13.2 Å². The number of aliphatic hydroxyl groups is 4. The molecule has 3 saturated carbocycles. The van der Waals surface area contributed by atoms with Crippen molar-refractivity contribution in [3.8, 4) is 0 Å². The molecule has 0 radical (unpaired) electrons. The number of aliphatic hydroxyl groups excluding tert-OH is 4. The quantitative estimate of drug-likeness (QED) is 0.377. The zero-order valence-electron chi connectivity index (χ0n) is 25.3. The van der Waals surface area contributed by atoms with Gasteiger partial charge in [0.1, 0.15) is 24.4 Å². The van der Waals surface area contributed by atoms with Gasteiger partial charge in [-0.1, -0.05) is 39.3 Å². The minimum absolute atomic E-state index is 0.129. The lowest BCUT2D eigenvalue weighted by Crippen LogP contribution is -2.60. The zero-order chi connectivity index (χ0) is 28.9. The monoisotopic (exact) mass is 576 g/mol. The molecule has 3 saturated heterocycles. The van der Waals surface area contributed by atoms with Crippen LogP contribution in [0.4, 0.5) is 0 Å². The molecule has 232 valence electrons. The molecule has 0 bridgehead atoms. The Morgan fingerprint density at radius 3 is 2.51 bits per heavy atom. The maximum absolute atomic E-state index is 10.5. The van der Waals surface area contributed by atoms with Gasteiger partial charge in [0, 0.05) is 12.3 Å². The highest BCUT2D eigenvalue weighted by Gasteiger charge is 2.68. The van der Waals surface area contributed by atoms with E-state index in [0.717, 1.165) is 45.1 Å². The maximum Gasteiger partial charge on any atom is 0.186 e. The molecular weight excluding hydrogens is 524 g/mol. The summed E-state index contributed by atoms with van der Waals surface area (Å²) in [7, 11) is 0. The van der Waals surface area contributed by atoms with Crippen molar-refractivity contribution < 1.29 is 39.4 Å². The molecule has 3 heterocycles. The first-order valence-electron chi connectivity index (χ1n) is 16.5. The molecule has 8 nitrogen and oxygen atoms in total. The molecule has 16 atom stereocenters. The summed E-state index contributed by atoms with van der Waals surface area (Å²) in [6, 6.07) is 0. The van der Waals surface area contributed by atoms with Crippen molar-refractivity contribution in [3.63, 3.8) is 0 Å². The van der Waals surface area contributed by atoms with Crippen molar-refractivity contribution in [2.24, 2.45) is 46.3 Å². The number of hydrogen-bond donors (Lipinski definition) is 4. The number of fused-ring (bicyclic) bond motifs is 7. The van der Waals surface area contributed by atoms with Gasteiger partial charge in [-0.3, -0.25) is 0 Å². The lowest BCUT2D eigenvalue weighted by molar-refractivity contribution is -0.313. The first kappa shape index (κ1) is 29.1. The SMILES string of the molecule is C[C@@H]1CC[C@@]2(OC1)O[C@H]1CC3[C@H]4CC=C5C[C@H](O[C@@H]6O[C@H](CO)[C@@H](O)[C@H](O)[C@H]6O)CC[C@]5(C)[C@@H]4CC[C@@]3(C)C1[C@@H]2C. The predicted molar refractivity (Wildman–Crippen MR) is 150 cm³/mol. The van der Waals surface area contributed by atoms with Gasteiger partial charge >= 0.3 is 0 Å². The molecule has 0 aromatic heterocycles. The number of hydrogen-bond acceptors (Lipinski definition) is 8. The molecule has 41 heavy (non-hydrogen) atoms. The van der Waals surface area contributed by atoms with Gasteiger partial charge in [-0.2, -0.15) is 0 Å². The second-order valence-electron chi connectivity index (χ2n) is 15.5. The lowest BCUT2D eigenvalue weighted by Gasteiger charge is -2.58. The van der Waals surface area contributed by atoms with Gasteiger partial charge in [-0.15, -0.1) is 0 Å². The van der Waals surface area contributed by atoms with E-state index in [0.29, 0.717) is 47.0 Å². The normalized spacial score (nSPS) is 58.3. The number of rotatable bonds is 3. The van der Waals surface area contributed by atoms with Crippen LogP contribution in [0, 0.1) is 46.3 Å². The molecular formula is C33H52O8. The Balaban J connectivity index is 1.05. The zero-order valence-corrected chi connectivity index (χ0v) is 25.3. The fraction of sp³-hybridized carbons (Fsp3) is 0.939. The van der Waals surface area contributed by atoms with Gasteiger partial charge in [0.2, 0.25) is 0 Å². The van der Waals surface area contributed by atoms with E-state index in [2.05, 4.69) is 33.8 Å². The second kappa shape index (κ2) is 10.2. The molecule has 7 rings (SSSR count). The summed E-state index contributed by atoms with van der Waals surface area (Å²) in [5.74, 6) is 3.28. The molecule has 1 spiro atoms. The van der Waals surface area contributed by atoms with Crippen molar-refractivity contribution in [3.05, 3.63) is 11.6 Å². The van der Waals surface area contributed by atoms with Crippen molar-refractivity contribution in [2.45, 2.75) is 134 Å². The molecule has 4 N–H and O–H groups in total. The number of ether oxygens (including phenoxy) is 4. The summed E-state index contributed by atoms with van der Waals surface area (Å²) in [5, 5.41) is 40.4. The molecule has 8 heteroatoms. The van der Waals surface area contributed by atoms with Crippen molar-refractivity contribution in [1.82, 2.24) is 0 Å². The van der Waals surface area contributed by atoms with Crippen LogP contribution >= 0.6 is 0 Å². The van der Waals surface area contributed by atoms with Gasteiger partial charge < -0.3 is 39.4 Å². The van der Waals surface area contributed by atoms with Crippen LogP contribution in [0.15, 0.2) is 11.6 Å². The third-order valence-electron chi connectivity index (χ3n) is 13.5. The van der Waals surface area contributed by atoms with Crippen LogP contribution < -0.4 is 0 Å². The third-order valence-corrected chi connectivity index (χ3v) is 13.5. The second-order valence-corrected chi connectivity index (χ2v) is 15.5. The Hall–Kier alpha value is -0.580. The number of allylic oxidation sites excluding steroid dienone is 1. The van der Waals surface area contributed by atoms with Gasteiger partial charge in [-0.25, -0.2) is 0 Å². The summed E-state index contributed by atoms with van der Waals surface area (Å²) in [5.41, 5.74) is 1.91. The van der Waals surface area contributed by atoms with Gasteiger partial charge in [-0.05, 0) is 91.8 Å². The Labute approximate surface area is 244 Å². The van der Waals surface area contributed by atoms with E-state index in [1.54, 1.807) is 0 Å². The van der Waals surface area contributed by atoms with E-state index in [1.165, 1.54) is 24.8 Å². The topological polar surface area (TPSA) is 118 Å². The van der Waals surface area contributed by atoms with Crippen LogP contribution in [0.25, 0.3) is 0 Å². The predicted octanol–water partition coefficient (Wildman–Crippen LogP) is 3.54. The molecule has 0 aromatic rings. The highest BCUT2D eigenvalue weighted by atomic mass is 16.7. The summed E-state index contributed by atoms with van der Waals surface area (Å²) >= 11 is 0. The molecule has 7 aliphatic rings. The van der Waals surface area contributed by atoms with Crippen molar-refractivity contribution in [1.29, 1.82) is 0 Å². The van der Waals surface area contributed by atoms with E-state index in [4.69, 9.17) is 18.9 Å². The Morgan fingerprint density at radius 1 is 0.976 bits per heavy atom. The van der Waals surface area contributed by atoms with Gasteiger partial charge in [0.05, 0.1) is 25.4 Å². The average Bonchev–Trinajstić information content (AvgIpc) is 3.40. The Kier molecular flexibility index (Phi) is 7.27. The van der Waals surface area contributed by atoms with Crippen LogP contribution in [0.3, 0.4) is 0 Å². The highest BCUT2D eigenvalue weighted by Crippen LogP contribution is 2.70. The summed E-state index contributed by atoms with van der Waals surface area (Å²) < 4.78 is 25.3. The fourth-order valence-corrected chi connectivity index (χ4v) is 11.1. The standard InChI is InChI=1S/C33H52O8/c1-17-7-12-33(38-16-17)18(2)26-24(41-33)14-23-21-6-5-19-13-20(8-10-31(19,3)22(21)9-11-32(23,26)4)39-30-29(37)28(36)27(35)25(15-34)40-30/h5,17-18,20-30,34-37H,6-16H2,1-4H3/t17-,18+,20-,21+,22-,23?,24+,25-,26?,27-,28+,29-,30-,31+,32-,33-/m1/s1. The van der Waals surface area contributed by atoms with Crippen LogP contribution in [-0.4, -0.2) is 82.3 Å². The summed E-state index contributed by atoms with van der Waals surface area (Å²) in [4.78, 5) is 0.